The summed E-state index contributed by atoms with van der Waals surface area (Å²) < 4.78 is 0. The number of hydrogen-bond acceptors (Lipinski definition) is 16. The number of ketones is 4. The van der Waals surface area contributed by atoms with Gasteiger partial charge in [-0.2, -0.15) is 29.9 Å². The molecule has 308 valence electrons. The number of anilines is 8. The predicted molar refractivity (Wildman–Crippen MR) is 235 cm³/mol. The van der Waals surface area contributed by atoms with E-state index in [0.29, 0.717) is 61.1 Å². The van der Waals surface area contributed by atoms with E-state index < -0.39 is 23.1 Å². The Bertz CT molecular complexity index is 2710. The number of carbonyl (C=O) groups is 4. The number of benzene rings is 4. The molecule has 16 heteroatoms. The van der Waals surface area contributed by atoms with Crippen LogP contribution in [0.2, 0.25) is 0 Å². The Morgan fingerprint density at radius 2 is 0.672 bits per heavy atom. The Hall–Kier alpha value is -7.62. The average Bonchev–Trinajstić information content (AvgIpc) is 3.27. The lowest BCUT2D eigenvalue weighted by molar-refractivity contribution is 0.0978. The quantitative estimate of drug-likeness (QED) is 0.0551. The number of carbonyl (C=O) groups excluding carboxylic acids is 4. The first-order valence-electron chi connectivity index (χ1n) is 20.5. The summed E-state index contributed by atoms with van der Waals surface area (Å²) in [4.78, 5) is 86.0. The summed E-state index contributed by atoms with van der Waals surface area (Å²) in [5.74, 6) is -0.0467. The molecule has 2 aliphatic rings. The normalized spacial score (nSPS) is 12.5. The highest BCUT2D eigenvalue weighted by atomic mass is 16.1. The lowest BCUT2D eigenvalue weighted by Crippen LogP contribution is -2.25. The fourth-order valence-electron chi connectivity index (χ4n) is 7.39. The minimum Gasteiger partial charge on any atom is -0.354 e. The van der Waals surface area contributed by atoms with Crippen molar-refractivity contribution in [3.05, 3.63) is 117 Å². The second-order valence-corrected chi connectivity index (χ2v) is 14.4. The van der Waals surface area contributed by atoms with Crippen molar-refractivity contribution in [3.63, 3.8) is 0 Å². The van der Waals surface area contributed by atoms with E-state index in [1.54, 1.807) is 72.8 Å². The molecule has 0 saturated heterocycles. The molecule has 2 aliphatic carbocycles. The molecule has 0 bridgehead atoms. The van der Waals surface area contributed by atoms with Crippen molar-refractivity contribution in [2.24, 2.45) is 0 Å². The Balaban J connectivity index is 1.31. The van der Waals surface area contributed by atoms with Crippen molar-refractivity contribution in [1.29, 1.82) is 0 Å². The topological polar surface area (TPSA) is 218 Å². The van der Waals surface area contributed by atoms with Crippen molar-refractivity contribution >= 4 is 70.2 Å². The standard InChI is InChI=1S/C45H44N12O4/c1-5-21-47-41-52-40(46-8-4)54-44(55-41)50-30-19-17-24(32-34(30)38(60)28-15-11-9-13-26(28)36(32)58)25-18-20-31(35-33(25)37(59)27-14-10-12-16-29(27)39(35)61)51-45-56-42(48-22-6-2)53-43(57-45)49-23-7-3/h9-20H,5-8,21-23H2,1-4H3,(H3,46,47,50,52,54,55)(H3,48,49,51,53,56,57). The second-order valence-electron chi connectivity index (χ2n) is 14.4. The first kappa shape index (κ1) is 40.2. The van der Waals surface area contributed by atoms with Crippen molar-refractivity contribution < 1.29 is 19.2 Å². The van der Waals surface area contributed by atoms with Gasteiger partial charge >= 0.3 is 0 Å². The molecule has 0 radical (unpaired) electrons. The van der Waals surface area contributed by atoms with Crippen LogP contribution in [0.1, 0.15) is 111 Å². The number of nitrogens with zero attached hydrogens (tertiary/aromatic N) is 6. The number of fused-ring (bicyclic) bond motifs is 4. The van der Waals surface area contributed by atoms with E-state index in [-0.39, 0.29) is 67.8 Å². The molecule has 0 atom stereocenters. The van der Waals surface area contributed by atoms with Gasteiger partial charge in [-0.1, -0.05) is 81.4 Å². The molecule has 0 saturated carbocycles. The molecule has 0 amide bonds. The van der Waals surface area contributed by atoms with Gasteiger partial charge in [0, 0.05) is 59.6 Å². The molecule has 4 aromatic carbocycles. The van der Waals surface area contributed by atoms with Gasteiger partial charge in [0.05, 0.1) is 22.5 Å². The van der Waals surface area contributed by atoms with Crippen molar-refractivity contribution in [2.45, 2.75) is 47.0 Å². The van der Waals surface area contributed by atoms with E-state index in [1.807, 2.05) is 27.7 Å². The molecule has 0 fully saturated rings. The number of aromatic nitrogens is 6. The van der Waals surface area contributed by atoms with Crippen LogP contribution < -0.4 is 31.9 Å². The molecule has 6 N–H and O–H groups in total. The molecule has 6 aromatic rings. The van der Waals surface area contributed by atoms with Crippen LogP contribution in [-0.2, 0) is 0 Å². The minimum atomic E-state index is -0.423. The molecule has 0 spiro atoms. The van der Waals surface area contributed by atoms with Crippen molar-refractivity contribution in [1.82, 2.24) is 29.9 Å². The van der Waals surface area contributed by atoms with Crippen LogP contribution in [0.4, 0.5) is 47.1 Å². The lowest BCUT2D eigenvalue weighted by Gasteiger charge is -2.26. The van der Waals surface area contributed by atoms with Crippen LogP contribution in [0.25, 0.3) is 11.1 Å². The maximum atomic E-state index is 14.8. The van der Waals surface area contributed by atoms with Crippen molar-refractivity contribution in [3.8, 4) is 11.1 Å². The highest BCUT2D eigenvalue weighted by molar-refractivity contribution is 6.35. The van der Waals surface area contributed by atoms with Crippen LogP contribution in [-0.4, -0.2) is 79.2 Å². The van der Waals surface area contributed by atoms with Gasteiger partial charge in [0.1, 0.15) is 0 Å². The average molecular weight is 817 g/mol. The third-order valence-electron chi connectivity index (χ3n) is 10.1. The summed E-state index contributed by atoms with van der Waals surface area (Å²) in [6, 6.07) is 19.9. The summed E-state index contributed by atoms with van der Waals surface area (Å²) in [5.41, 5.74) is 2.32. The summed E-state index contributed by atoms with van der Waals surface area (Å²) in [7, 11) is 0. The van der Waals surface area contributed by atoms with Gasteiger partial charge in [0.2, 0.25) is 35.7 Å². The van der Waals surface area contributed by atoms with Gasteiger partial charge < -0.3 is 31.9 Å². The van der Waals surface area contributed by atoms with Crippen LogP contribution in [0.15, 0.2) is 72.8 Å². The Labute approximate surface area is 351 Å². The van der Waals surface area contributed by atoms with E-state index in [2.05, 4.69) is 61.8 Å². The number of rotatable bonds is 16. The lowest BCUT2D eigenvalue weighted by atomic mass is 9.75. The fraction of sp³-hybridized carbons (Fsp3) is 0.244. The van der Waals surface area contributed by atoms with Gasteiger partial charge in [0.15, 0.2) is 23.1 Å². The molecule has 8 rings (SSSR count). The van der Waals surface area contributed by atoms with Gasteiger partial charge in [-0.15, -0.1) is 0 Å². The SMILES string of the molecule is CCCNc1nc(NCC)nc(Nc2ccc(-c3ccc(Nc4nc(NCCC)nc(NCCC)n4)c4c3C(=O)c3ccccc3C4=O)c3c2C(=O)c2ccccc2C3=O)n1. The Morgan fingerprint density at radius 3 is 1.00 bits per heavy atom. The van der Waals surface area contributed by atoms with Gasteiger partial charge in [-0.05, 0) is 49.4 Å². The van der Waals surface area contributed by atoms with E-state index in [9.17, 15) is 19.2 Å². The Kier molecular flexibility index (Phi) is 11.4. The highest BCUT2D eigenvalue weighted by Gasteiger charge is 2.38. The zero-order valence-electron chi connectivity index (χ0n) is 34.2. The van der Waals surface area contributed by atoms with Crippen LogP contribution in [0, 0.1) is 0 Å². The highest BCUT2D eigenvalue weighted by Crippen LogP contribution is 2.44. The van der Waals surface area contributed by atoms with Crippen LogP contribution >= 0.6 is 0 Å². The summed E-state index contributed by atoms with van der Waals surface area (Å²) >= 11 is 0. The monoisotopic (exact) mass is 816 g/mol. The fourth-order valence-corrected chi connectivity index (χ4v) is 7.39. The van der Waals surface area contributed by atoms with Crippen LogP contribution in [0.3, 0.4) is 0 Å². The molecular formula is C45H44N12O4. The van der Waals surface area contributed by atoms with Gasteiger partial charge in [0.25, 0.3) is 0 Å². The maximum absolute atomic E-state index is 14.8. The first-order valence-corrected chi connectivity index (χ1v) is 20.5. The maximum Gasteiger partial charge on any atom is 0.233 e. The summed E-state index contributed by atoms with van der Waals surface area (Å²) in [6.07, 6.45) is 2.51. The molecular weight excluding hydrogens is 773 g/mol. The summed E-state index contributed by atoms with van der Waals surface area (Å²) in [5, 5.41) is 19.1. The summed E-state index contributed by atoms with van der Waals surface area (Å²) in [6.45, 7) is 10.4. The van der Waals surface area contributed by atoms with E-state index in [0.717, 1.165) is 19.3 Å². The zero-order chi connectivity index (χ0) is 42.6. The smallest absolute Gasteiger partial charge is 0.233 e. The Morgan fingerprint density at radius 1 is 0.361 bits per heavy atom. The molecule has 0 unspecified atom stereocenters. The van der Waals surface area contributed by atoms with E-state index >= 15 is 0 Å². The first-order chi connectivity index (χ1) is 29.7. The molecule has 61 heavy (non-hydrogen) atoms. The van der Waals surface area contributed by atoms with Gasteiger partial charge in [-0.3, -0.25) is 19.2 Å². The molecule has 2 heterocycles. The van der Waals surface area contributed by atoms with E-state index in [1.165, 1.54) is 0 Å². The van der Waals surface area contributed by atoms with Gasteiger partial charge in [-0.25, -0.2) is 0 Å². The second kappa shape index (κ2) is 17.3. The molecule has 0 aliphatic heterocycles. The van der Waals surface area contributed by atoms with Crippen LogP contribution in [0.5, 0.6) is 0 Å². The van der Waals surface area contributed by atoms with Crippen molar-refractivity contribution in [2.75, 3.05) is 58.1 Å². The third-order valence-corrected chi connectivity index (χ3v) is 10.1. The largest absolute Gasteiger partial charge is 0.354 e. The van der Waals surface area contributed by atoms with E-state index in [4.69, 9.17) is 0 Å². The minimum absolute atomic E-state index is 0.0664. The predicted octanol–water partition coefficient (Wildman–Crippen LogP) is 7.66. The third kappa shape index (κ3) is 7.70. The molecule has 2 aromatic heterocycles. The zero-order valence-corrected chi connectivity index (χ0v) is 34.2. The molecule has 16 nitrogen and oxygen atoms in total. The number of nitrogens with one attached hydrogen (secondary N) is 6. The number of hydrogen-bond donors (Lipinski definition) is 6.